The first-order valence-electron chi connectivity index (χ1n) is 5.81. The maximum absolute atomic E-state index is 13.7. The third kappa shape index (κ3) is 2.58. The summed E-state index contributed by atoms with van der Waals surface area (Å²) in [4.78, 5) is 0. The number of ether oxygens (including phenoxy) is 1. The highest BCUT2D eigenvalue weighted by molar-refractivity contribution is 5.43. The highest BCUT2D eigenvalue weighted by Gasteiger charge is 2.22. The molecule has 100 valence electrons. The zero-order chi connectivity index (χ0) is 14.0. The second-order valence-electron chi connectivity index (χ2n) is 4.28. The standard InChI is InChI=1S/C15H14F2O2/c1-9-6-7-10(13(8-9)19-2)15(18)14-11(16)4-3-5-12(14)17/h3-8,15,18H,1-2H3. The van der Waals surface area contributed by atoms with Crippen molar-refractivity contribution in [3.8, 4) is 5.75 Å². The van der Waals surface area contributed by atoms with Gasteiger partial charge in [0.15, 0.2) is 0 Å². The topological polar surface area (TPSA) is 29.5 Å². The highest BCUT2D eigenvalue weighted by atomic mass is 19.1. The van der Waals surface area contributed by atoms with Crippen LogP contribution in [0.5, 0.6) is 5.75 Å². The van der Waals surface area contributed by atoms with E-state index in [9.17, 15) is 13.9 Å². The van der Waals surface area contributed by atoms with E-state index in [0.29, 0.717) is 11.3 Å². The molecule has 0 amide bonds. The predicted molar refractivity (Wildman–Crippen MR) is 68.2 cm³/mol. The number of methoxy groups -OCH3 is 1. The molecule has 0 saturated heterocycles. The van der Waals surface area contributed by atoms with Gasteiger partial charge < -0.3 is 9.84 Å². The zero-order valence-electron chi connectivity index (χ0n) is 10.7. The molecule has 4 heteroatoms. The Morgan fingerprint density at radius 2 is 1.74 bits per heavy atom. The van der Waals surface area contributed by atoms with Crippen molar-refractivity contribution in [2.24, 2.45) is 0 Å². The third-order valence-electron chi connectivity index (χ3n) is 2.96. The molecule has 1 atom stereocenters. The second-order valence-corrected chi connectivity index (χ2v) is 4.28. The van der Waals surface area contributed by atoms with Gasteiger partial charge in [-0.15, -0.1) is 0 Å². The molecule has 0 radical (unpaired) electrons. The Bertz CT molecular complexity index is 576. The minimum atomic E-state index is -1.41. The molecule has 0 aliphatic rings. The van der Waals surface area contributed by atoms with Gasteiger partial charge in [-0.25, -0.2) is 8.78 Å². The van der Waals surface area contributed by atoms with Gasteiger partial charge >= 0.3 is 0 Å². The van der Waals surface area contributed by atoms with Gasteiger partial charge in [0.05, 0.1) is 12.7 Å². The first kappa shape index (κ1) is 13.5. The van der Waals surface area contributed by atoms with Crippen LogP contribution in [0.3, 0.4) is 0 Å². The lowest BCUT2D eigenvalue weighted by Gasteiger charge is -2.16. The lowest BCUT2D eigenvalue weighted by Crippen LogP contribution is -2.07. The maximum atomic E-state index is 13.7. The van der Waals surface area contributed by atoms with Gasteiger partial charge in [-0.05, 0) is 30.7 Å². The molecule has 2 rings (SSSR count). The van der Waals surface area contributed by atoms with Crippen LogP contribution in [0, 0.1) is 18.6 Å². The van der Waals surface area contributed by atoms with E-state index in [1.165, 1.54) is 13.2 Å². The van der Waals surface area contributed by atoms with Crippen molar-refractivity contribution in [2.75, 3.05) is 7.11 Å². The molecule has 19 heavy (non-hydrogen) atoms. The van der Waals surface area contributed by atoms with Crippen molar-refractivity contribution in [1.29, 1.82) is 0 Å². The van der Waals surface area contributed by atoms with Crippen LogP contribution in [0.15, 0.2) is 36.4 Å². The van der Waals surface area contributed by atoms with Crippen molar-refractivity contribution < 1.29 is 18.6 Å². The summed E-state index contributed by atoms with van der Waals surface area (Å²) in [6.45, 7) is 1.86. The van der Waals surface area contributed by atoms with E-state index in [1.807, 2.05) is 6.92 Å². The quantitative estimate of drug-likeness (QED) is 0.921. The number of hydrogen-bond donors (Lipinski definition) is 1. The Morgan fingerprint density at radius 1 is 1.11 bits per heavy atom. The molecule has 0 aromatic heterocycles. The number of halogens is 2. The van der Waals surface area contributed by atoms with Crippen LogP contribution in [-0.4, -0.2) is 12.2 Å². The lowest BCUT2D eigenvalue weighted by molar-refractivity contribution is 0.204. The van der Waals surface area contributed by atoms with E-state index in [4.69, 9.17) is 4.74 Å². The molecule has 1 N–H and O–H groups in total. The average molecular weight is 264 g/mol. The summed E-state index contributed by atoms with van der Waals surface area (Å²) < 4.78 is 32.5. The van der Waals surface area contributed by atoms with E-state index in [1.54, 1.807) is 18.2 Å². The fraction of sp³-hybridized carbons (Fsp3) is 0.200. The number of hydrogen-bond acceptors (Lipinski definition) is 2. The van der Waals surface area contributed by atoms with Gasteiger partial charge in [0.1, 0.15) is 23.5 Å². The summed E-state index contributed by atoms with van der Waals surface area (Å²) in [6.07, 6.45) is -1.41. The summed E-state index contributed by atoms with van der Waals surface area (Å²) in [5.41, 5.74) is 0.892. The number of benzene rings is 2. The Morgan fingerprint density at radius 3 is 2.32 bits per heavy atom. The van der Waals surface area contributed by atoms with Gasteiger partial charge in [-0.2, -0.15) is 0 Å². The first-order valence-corrected chi connectivity index (χ1v) is 5.81. The highest BCUT2D eigenvalue weighted by Crippen LogP contribution is 2.33. The molecule has 0 heterocycles. The largest absolute Gasteiger partial charge is 0.496 e. The Labute approximate surface area is 110 Å². The number of aliphatic hydroxyl groups is 1. The average Bonchev–Trinajstić information content (AvgIpc) is 2.38. The molecular weight excluding hydrogens is 250 g/mol. The summed E-state index contributed by atoms with van der Waals surface area (Å²) in [6, 6.07) is 8.54. The van der Waals surface area contributed by atoms with E-state index in [2.05, 4.69) is 0 Å². The van der Waals surface area contributed by atoms with E-state index >= 15 is 0 Å². The monoisotopic (exact) mass is 264 g/mol. The van der Waals surface area contributed by atoms with E-state index < -0.39 is 17.7 Å². The fourth-order valence-corrected chi connectivity index (χ4v) is 1.97. The van der Waals surface area contributed by atoms with Crippen molar-refractivity contribution in [3.05, 3.63) is 64.7 Å². The Balaban J connectivity index is 2.53. The van der Waals surface area contributed by atoms with E-state index in [-0.39, 0.29) is 5.56 Å². The van der Waals surface area contributed by atoms with Crippen LogP contribution in [0.25, 0.3) is 0 Å². The summed E-state index contributed by atoms with van der Waals surface area (Å²) in [7, 11) is 1.45. The number of aryl methyl sites for hydroxylation is 1. The van der Waals surface area contributed by atoms with Crippen LogP contribution in [0.4, 0.5) is 8.78 Å². The van der Waals surface area contributed by atoms with Crippen LogP contribution in [0.2, 0.25) is 0 Å². The Hall–Kier alpha value is -1.94. The zero-order valence-corrected chi connectivity index (χ0v) is 10.7. The third-order valence-corrected chi connectivity index (χ3v) is 2.96. The van der Waals surface area contributed by atoms with Gasteiger partial charge in [0.2, 0.25) is 0 Å². The van der Waals surface area contributed by atoms with Gasteiger partial charge in [-0.3, -0.25) is 0 Å². The number of aliphatic hydroxyl groups excluding tert-OH is 1. The molecule has 0 aliphatic heterocycles. The Kier molecular flexibility index (Phi) is 3.81. The van der Waals surface area contributed by atoms with Crippen LogP contribution < -0.4 is 4.74 Å². The van der Waals surface area contributed by atoms with Gasteiger partial charge in [-0.1, -0.05) is 18.2 Å². The number of rotatable bonds is 3. The van der Waals surface area contributed by atoms with Crippen molar-refractivity contribution in [1.82, 2.24) is 0 Å². The van der Waals surface area contributed by atoms with Crippen molar-refractivity contribution in [2.45, 2.75) is 13.0 Å². The van der Waals surface area contributed by atoms with Crippen LogP contribution in [-0.2, 0) is 0 Å². The summed E-state index contributed by atoms with van der Waals surface area (Å²) in [5, 5.41) is 10.2. The molecular formula is C15H14F2O2. The maximum Gasteiger partial charge on any atom is 0.132 e. The molecule has 0 fully saturated rings. The van der Waals surface area contributed by atoms with Crippen molar-refractivity contribution in [3.63, 3.8) is 0 Å². The van der Waals surface area contributed by atoms with Crippen LogP contribution >= 0.6 is 0 Å². The molecule has 2 aromatic carbocycles. The van der Waals surface area contributed by atoms with E-state index in [0.717, 1.165) is 17.7 Å². The molecule has 0 saturated carbocycles. The summed E-state index contributed by atoms with van der Waals surface area (Å²) >= 11 is 0. The predicted octanol–water partition coefficient (Wildman–Crippen LogP) is 3.36. The first-order chi connectivity index (χ1) is 9.04. The summed E-state index contributed by atoms with van der Waals surface area (Å²) in [5.74, 6) is -1.17. The smallest absolute Gasteiger partial charge is 0.132 e. The second kappa shape index (κ2) is 5.36. The fourth-order valence-electron chi connectivity index (χ4n) is 1.97. The van der Waals surface area contributed by atoms with Crippen LogP contribution in [0.1, 0.15) is 22.8 Å². The van der Waals surface area contributed by atoms with Gasteiger partial charge in [0, 0.05) is 5.56 Å². The minimum Gasteiger partial charge on any atom is -0.496 e. The lowest BCUT2D eigenvalue weighted by atomic mass is 9.98. The SMILES string of the molecule is COc1cc(C)ccc1C(O)c1c(F)cccc1F. The molecule has 0 spiro atoms. The molecule has 2 aromatic rings. The molecule has 0 bridgehead atoms. The molecule has 0 aliphatic carbocycles. The molecule has 2 nitrogen and oxygen atoms in total. The van der Waals surface area contributed by atoms with Crippen molar-refractivity contribution >= 4 is 0 Å². The normalized spacial score (nSPS) is 12.3. The molecule has 1 unspecified atom stereocenters. The minimum absolute atomic E-state index is 0.331. The van der Waals surface area contributed by atoms with Gasteiger partial charge in [0.25, 0.3) is 0 Å².